The van der Waals surface area contributed by atoms with Crippen LogP contribution in [0.5, 0.6) is 0 Å². The number of nitrogens with zero attached hydrogens (tertiary/aromatic N) is 2. The molecule has 19 heavy (non-hydrogen) atoms. The molecule has 2 N–H and O–H groups in total. The van der Waals surface area contributed by atoms with E-state index in [0.717, 1.165) is 15.7 Å². The molecule has 0 saturated heterocycles. The minimum absolute atomic E-state index is 0.188. The molecule has 1 heterocycles. The van der Waals surface area contributed by atoms with E-state index in [9.17, 15) is 4.79 Å². The summed E-state index contributed by atoms with van der Waals surface area (Å²) in [6.45, 7) is 1.94. The van der Waals surface area contributed by atoms with Crippen molar-refractivity contribution >= 4 is 28.1 Å². The van der Waals surface area contributed by atoms with E-state index in [1.165, 1.54) is 6.07 Å². The van der Waals surface area contributed by atoms with Crippen LogP contribution in [0.25, 0.3) is 0 Å². The number of aryl methyl sites for hydroxylation is 1. The summed E-state index contributed by atoms with van der Waals surface area (Å²) < 4.78 is 0.982. The van der Waals surface area contributed by atoms with Crippen LogP contribution in [0.1, 0.15) is 18.2 Å². The van der Waals surface area contributed by atoms with Crippen molar-refractivity contribution in [2.24, 2.45) is 5.10 Å². The number of hydrogen-bond acceptors (Lipinski definition) is 4. The molecule has 0 aliphatic rings. The summed E-state index contributed by atoms with van der Waals surface area (Å²) >= 11 is 3.39. The predicted octanol–water partition coefficient (Wildman–Crippen LogP) is 2.54. The molecule has 0 saturated carbocycles. The summed E-state index contributed by atoms with van der Waals surface area (Å²) in [7, 11) is 0. The molecule has 0 aliphatic carbocycles. The number of benzene rings is 1. The number of hydrogen-bond donors (Lipinski definition) is 2. The highest BCUT2D eigenvalue weighted by Gasteiger charge is 1.97. The van der Waals surface area contributed by atoms with Crippen molar-refractivity contribution in [3.8, 4) is 0 Å². The maximum absolute atomic E-state index is 11.4. The normalized spacial score (nSPS) is 10.8. The van der Waals surface area contributed by atoms with Gasteiger partial charge in [-0.15, -0.1) is 0 Å². The third-order valence-corrected chi connectivity index (χ3v) is 2.88. The zero-order valence-electron chi connectivity index (χ0n) is 10.4. The van der Waals surface area contributed by atoms with Gasteiger partial charge < -0.3 is 0 Å². The van der Waals surface area contributed by atoms with E-state index in [1.54, 1.807) is 6.21 Å². The Morgan fingerprint density at radius 2 is 2.32 bits per heavy atom. The molecule has 0 spiro atoms. The number of nitrogens with one attached hydrogen (secondary N) is 2. The van der Waals surface area contributed by atoms with E-state index in [4.69, 9.17) is 0 Å². The van der Waals surface area contributed by atoms with E-state index in [2.05, 4.69) is 36.4 Å². The molecule has 0 atom stereocenters. The van der Waals surface area contributed by atoms with Gasteiger partial charge in [-0.1, -0.05) is 35.0 Å². The molecule has 0 unspecified atom stereocenters. The molecule has 0 bridgehead atoms. The van der Waals surface area contributed by atoms with E-state index in [-0.39, 0.29) is 5.56 Å². The molecule has 0 amide bonds. The van der Waals surface area contributed by atoms with Crippen molar-refractivity contribution < 1.29 is 0 Å². The Bertz CT molecular complexity index is 651. The first kappa shape index (κ1) is 13.5. The minimum Gasteiger partial charge on any atom is -0.291 e. The van der Waals surface area contributed by atoms with E-state index < -0.39 is 0 Å². The number of halogens is 1. The average molecular weight is 321 g/mol. The highest BCUT2D eigenvalue weighted by Crippen LogP contribution is 2.10. The molecular formula is C13H13BrN4O. The van der Waals surface area contributed by atoms with Crippen LogP contribution in [-0.4, -0.2) is 16.2 Å². The average Bonchev–Trinajstić information content (AvgIpc) is 2.38. The Hall–Kier alpha value is -1.95. The van der Waals surface area contributed by atoms with Gasteiger partial charge in [0, 0.05) is 16.2 Å². The number of H-pyrrole nitrogens is 1. The lowest BCUT2D eigenvalue weighted by Crippen LogP contribution is -2.11. The van der Waals surface area contributed by atoms with Crippen molar-refractivity contribution in [3.63, 3.8) is 0 Å². The van der Waals surface area contributed by atoms with Crippen LogP contribution in [-0.2, 0) is 6.42 Å². The largest absolute Gasteiger partial charge is 0.291 e. The SMILES string of the molecule is CCc1cc(=O)[nH]c(N/N=C\c2cccc(Br)c2)n1. The van der Waals surface area contributed by atoms with Crippen LogP contribution >= 0.6 is 15.9 Å². The first-order valence-corrected chi connectivity index (χ1v) is 6.61. The van der Waals surface area contributed by atoms with Gasteiger partial charge in [0.15, 0.2) is 0 Å². The Morgan fingerprint density at radius 3 is 3.05 bits per heavy atom. The van der Waals surface area contributed by atoms with Crippen LogP contribution < -0.4 is 11.0 Å². The van der Waals surface area contributed by atoms with Crippen molar-refractivity contribution in [1.29, 1.82) is 0 Å². The Kier molecular flexibility index (Phi) is 4.46. The number of aromatic nitrogens is 2. The van der Waals surface area contributed by atoms with Gasteiger partial charge >= 0.3 is 0 Å². The quantitative estimate of drug-likeness (QED) is 0.671. The topological polar surface area (TPSA) is 70.1 Å². The lowest BCUT2D eigenvalue weighted by Gasteiger charge is -2.01. The summed E-state index contributed by atoms with van der Waals surface area (Å²) in [6, 6.07) is 9.19. The second-order valence-corrected chi connectivity index (χ2v) is 4.78. The van der Waals surface area contributed by atoms with Crippen molar-refractivity contribution in [2.75, 3.05) is 5.43 Å². The fourth-order valence-electron chi connectivity index (χ4n) is 1.50. The summed E-state index contributed by atoms with van der Waals surface area (Å²) in [4.78, 5) is 18.1. The van der Waals surface area contributed by atoms with Crippen LogP contribution in [0.15, 0.2) is 44.7 Å². The summed E-state index contributed by atoms with van der Waals surface area (Å²) in [5, 5.41) is 4.04. The molecule has 6 heteroatoms. The highest BCUT2D eigenvalue weighted by atomic mass is 79.9. The molecule has 0 aliphatic heterocycles. The number of rotatable bonds is 4. The minimum atomic E-state index is -0.188. The molecule has 1 aromatic carbocycles. The Balaban J connectivity index is 2.10. The van der Waals surface area contributed by atoms with Gasteiger partial charge in [0.2, 0.25) is 5.95 Å². The zero-order chi connectivity index (χ0) is 13.7. The Labute approximate surface area is 118 Å². The molecule has 1 aromatic heterocycles. The summed E-state index contributed by atoms with van der Waals surface area (Å²) in [5.41, 5.74) is 4.19. The smallest absolute Gasteiger partial charge is 0.252 e. The number of hydrazone groups is 1. The lowest BCUT2D eigenvalue weighted by molar-refractivity contribution is 0.974. The fraction of sp³-hybridized carbons (Fsp3) is 0.154. The fourth-order valence-corrected chi connectivity index (χ4v) is 1.91. The molecule has 2 aromatic rings. The van der Waals surface area contributed by atoms with Gasteiger partial charge in [-0.05, 0) is 24.1 Å². The Morgan fingerprint density at radius 1 is 1.47 bits per heavy atom. The molecule has 5 nitrogen and oxygen atoms in total. The summed E-state index contributed by atoms with van der Waals surface area (Å²) in [5.74, 6) is 0.343. The number of anilines is 1. The van der Waals surface area contributed by atoms with E-state index >= 15 is 0 Å². The van der Waals surface area contributed by atoms with Crippen molar-refractivity contribution in [1.82, 2.24) is 9.97 Å². The van der Waals surface area contributed by atoms with E-state index in [0.29, 0.717) is 12.4 Å². The van der Waals surface area contributed by atoms with Crippen LogP contribution in [0.3, 0.4) is 0 Å². The second kappa shape index (κ2) is 6.29. The predicted molar refractivity (Wildman–Crippen MR) is 79.6 cm³/mol. The van der Waals surface area contributed by atoms with E-state index in [1.807, 2.05) is 31.2 Å². The van der Waals surface area contributed by atoms with Gasteiger partial charge in [0.25, 0.3) is 5.56 Å². The second-order valence-electron chi connectivity index (χ2n) is 3.86. The number of aromatic amines is 1. The van der Waals surface area contributed by atoms with Gasteiger partial charge in [-0.3, -0.25) is 9.78 Å². The first-order valence-electron chi connectivity index (χ1n) is 5.82. The maximum atomic E-state index is 11.4. The van der Waals surface area contributed by atoms with Gasteiger partial charge in [-0.25, -0.2) is 10.4 Å². The maximum Gasteiger partial charge on any atom is 0.252 e. The monoisotopic (exact) mass is 320 g/mol. The van der Waals surface area contributed by atoms with Crippen LogP contribution in [0.4, 0.5) is 5.95 Å². The highest BCUT2D eigenvalue weighted by molar-refractivity contribution is 9.10. The zero-order valence-corrected chi connectivity index (χ0v) is 11.9. The van der Waals surface area contributed by atoms with Crippen molar-refractivity contribution in [3.05, 3.63) is 56.4 Å². The third kappa shape index (κ3) is 4.03. The molecule has 0 radical (unpaired) electrons. The van der Waals surface area contributed by atoms with Crippen LogP contribution in [0, 0.1) is 0 Å². The van der Waals surface area contributed by atoms with Gasteiger partial charge in [0.1, 0.15) is 0 Å². The summed E-state index contributed by atoms with van der Waals surface area (Å²) in [6.07, 6.45) is 2.36. The molecular weight excluding hydrogens is 308 g/mol. The lowest BCUT2D eigenvalue weighted by atomic mass is 10.2. The van der Waals surface area contributed by atoms with Gasteiger partial charge in [-0.2, -0.15) is 5.10 Å². The molecule has 0 fully saturated rings. The van der Waals surface area contributed by atoms with Gasteiger partial charge in [0.05, 0.1) is 6.21 Å². The van der Waals surface area contributed by atoms with Crippen LogP contribution in [0.2, 0.25) is 0 Å². The van der Waals surface area contributed by atoms with Crippen molar-refractivity contribution in [2.45, 2.75) is 13.3 Å². The molecule has 2 rings (SSSR count). The third-order valence-electron chi connectivity index (χ3n) is 2.39. The standard InChI is InChI=1S/C13H13BrN4O/c1-2-11-7-12(19)17-13(16-11)18-15-8-9-4-3-5-10(14)6-9/h3-8H,2H2,1H3,(H2,16,17,18,19)/b15-8-. The first-order chi connectivity index (χ1) is 9.17. The molecule has 98 valence electrons.